The van der Waals surface area contributed by atoms with Crippen LogP contribution in [0.15, 0.2) is 71.9 Å². The third-order valence-electron chi connectivity index (χ3n) is 7.94. The van der Waals surface area contributed by atoms with E-state index in [9.17, 15) is 14.9 Å². The number of anilines is 1. The molecule has 3 aromatic heterocycles. The Morgan fingerprint density at radius 2 is 1.98 bits per heavy atom. The van der Waals surface area contributed by atoms with E-state index in [-0.39, 0.29) is 23.3 Å². The minimum atomic E-state index is -0.479. The Bertz CT molecular complexity index is 1580. The number of piperidine rings is 1. The van der Waals surface area contributed by atoms with E-state index in [4.69, 9.17) is 4.74 Å². The molecular formula is C30H32N6O4. The molecule has 5 heterocycles. The van der Waals surface area contributed by atoms with Gasteiger partial charge in [0.25, 0.3) is 0 Å². The van der Waals surface area contributed by atoms with E-state index in [1.807, 2.05) is 49.6 Å². The molecule has 0 radical (unpaired) electrons. The molecule has 4 aromatic rings. The summed E-state index contributed by atoms with van der Waals surface area (Å²) in [5.41, 5.74) is 4.75. The van der Waals surface area contributed by atoms with Crippen molar-refractivity contribution in [2.45, 2.75) is 44.9 Å². The molecule has 1 aromatic carbocycles. The molecule has 2 saturated heterocycles. The molecule has 10 heteroatoms. The van der Waals surface area contributed by atoms with Crippen LogP contribution in [0.4, 0.5) is 11.5 Å². The molecule has 0 saturated carbocycles. The number of para-hydroxylation sites is 1. The summed E-state index contributed by atoms with van der Waals surface area (Å²) in [5.74, 6) is -0.156. The smallest absolute Gasteiger partial charge is 0.363 e. The number of rotatable bonds is 8. The largest absolute Gasteiger partial charge is 0.377 e. The first-order valence-electron chi connectivity index (χ1n) is 13.7. The van der Waals surface area contributed by atoms with Crippen molar-refractivity contribution in [3.05, 3.63) is 104 Å². The van der Waals surface area contributed by atoms with Gasteiger partial charge in [-0.15, -0.1) is 0 Å². The van der Waals surface area contributed by atoms with Crippen LogP contribution in [0.1, 0.15) is 35.7 Å². The van der Waals surface area contributed by atoms with Crippen LogP contribution in [0.25, 0.3) is 10.9 Å². The molecule has 0 amide bonds. The van der Waals surface area contributed by atoms with Gasteiger partial charge in [0.05, 0.1) is 30.5 Å². The number of nitro groups is 1. The Morgan fingerprint density at radius 1 is 1.12 bits per heavy atom. The average molecular weight is 541 g/mol. The topological polar surface area (TPSA) is 107 Å². The second-order valence-corrected chi connectivity index (χ2v) is 10.7. The number of aryl methyl sites for hydroxylation is 1. The number of pyridine rings is 3. The normalized spacial score (nSPS) is 17.8. The van der Waals surface area contributed by atoms with Crippen LogP contribution >= 0.6 is 0 Å². The van der Waals surface area contributed by atoms with Crippen molar-refractivity contribution >= 4 is 22.4 Å². The van der Waals surface area contributed by atoms with E-state index in [1.54, 1.807) is 12.3 Å². The molecule has 1 unspecified atom stereocenters. The first-order valence-corrected chi connectivity index (χ1v) is 13.7. The molecule has 206 valence electrons. The van der Waals surface area contributed by atoms with Gasteiger partial charge in [-0.3, -0.25) is 14.7 Å². The molecule has 10 nitrogen and oxygen atoms in total. The van der Waals surface area contributed by atoms with Crippen LogP contribution in [-0.4, -0.2) is 56.7 Å². The maximum absolute atomic E-state index is 13.8. The minimum Gasteiger partial charge on any atom is -0.377 e. The van der Waals surface area contributed by atoms with E-state index in [1.165, 1.54) is 6.07 Å². The van der Waals surface area contributed by atoms with Crippen molar-refractivity contribution in [3.63, 3.8) is 0 Å². The molecule has 0 aliphatic carbocycles. The predicted molar refractivity (Wildman–Crippen MR) is 152 cm³/mol. The number of benzene rings is 1. The number of aromatic nitrogens is 3. The van der Waals surface area contributed by atoms with Crippen LogP contribution in [0.2, 0.25) is 0 Å². The third kappa shape index (κ3) is 5.32. The highest BCUT2D eigenvalue weighted by Crippen LogP contribution is 2.27. The Morgan fingerprint density at radius 3 is 2.70 bits per heavy atom. The lowest BCUT2D eigenvalue weighted by Crippen LogP contribution is -2.48. The van der Waals surface area contributed by atoms with Crippen LogP contribution in [0, 0.1) is 17.0 Å². The Hall–Kier alpha value is -4.15. The van der Waals surface area contributed by atoms with E-state index in [2.05, 4.69) is 30.4 Å². The molecule has 40 heavy (non-hydrogen) atoms. The second-order valence-electron chi connectivity index (χ2n) is 10.7. The van der Waals surface area contributed by atoms with Gasteiger partial charge in [-0.05, 0) is 65.6 Å². The summed E-state index contributed by atoms with van der Waals surface area (Å²) in [6, 6.07) is 15.6. The van der Waals surface area contributed by atoms with Crippen molar-refractivity contribution in [2.75, 3.05) is 31.2 Å². The van der Waals surface area contributed by atoms with E-state index >= 15 is 0 Å². The van der Waals surface area contributed by atoms with Crippen LogP contribution < -0.4 is 10.3 Å². The summed E-state index contributed by atoms with van der Waals surface area (Å²) in [7, 11) is 0. The second kappa shape index (κ2) is 11.1. The number of hydrogen-bond acceptors (Lipinski definition) is 8. The van der Waals surface area contributed by atoms with Gasteiger partial charge in [0.2, 0.25) is 0 Å². The van der Waals surface area contributed by atoms with Crippen molar-refractivity contribution in [2.24, 2.45) is 0 Å². The maximum Gasteiger partial charge on any atom is 0.363 e. The number of hydrogen-bond donors (Lipinski definition) is 0. The summed E-state index contributed by atoms with van der Waals surface area (Å²) >= 11 is 0. The van der Waals surface area contributed by atoms with Gasteiger partial charge in [-0.2, -0.15) is 0 Å². The van der Waals surface area contributed by atoms with Crippen molar-refractivity contribution in [3.8, 4) is 0 Å². The standard InChI is InChI=1S/C30H32N6O4/c1-21-13-22(10-11-31-21)15-34(25-5-4-12-33(18-25)24-8-9-29(32-14-24)36(38)39)16-23-17-35(26-19-40-20-26)28-7-3-2-6-27(28)30(23)37/h2-3,6-11,13-14,17,25-26H,4-5,12,15-16,18-20H2,1H3. The quantitative estimate of drug-likeness (QED) is 0.241. The van der Waals surface area contributed by atoms with E-state index < -0.39 is 4.92 Å². The number of ether oxygens (including phenoxy) is 1. The molecule has 0 spiro atoms. The van der Waals surface area contributed by atoms with Crippen molar-refractivity contribution in [1.29, 1.82) is 0 Å². The Balaban J connectivity index is 1.33. The molecule has 2 fully saturated rings. The highest BCUT2D eigenvalue weighted by atomic mass is 16.6. The average Bonchev–Trinajstić information content (AvgIpc) is 2.94. The van der Waals surface area contributed by atoms with Crippen LogP contribution in [0.3, 0.4) is 0 Å². The summed E-state index contributed by atoms with van der Waals surface area (Å²) in [5, 5.41) is 11.8. The van der Waals surface area contributed by atoms with Gasteiger partial charge in [-0.25, -0.2) is 0 Å². The van der Waals surface area contributed by atoms with Gasteiger partial charge < -0.3 is 24.3 Å². The fourth-order valence-electron chi connectivity index (χ4n) is 5.79. The van der Waals surface area contributed by atoms with Gasteiger partial charge in [0, 0.05) is 67.3 Å². The highest BCUT2D eigenvalue weighted by Gasteiger charge is 2.29. The Labute approximate surface area is 232 Å². The fourth-order valence-corrected chi connectivity index (χ4v) is 5.79. The summed E-state index contributed by atoms with van der Waals surface area (Å²) in [6.45, 7) is 6.06. The van der Waals surface area contributed by atoms with Crippen LogP contribution in [0.5, 0.6) is 0 Å². The number of nitrogens with zero attached hydrogens (tertiary/aromatic N) is 6. The van der Waals surface area contributed by atoms with Gasteiger partial charge >= 0.3 is 5.82 Å². The summed E-state index contributed by atoms with van der Waals surface area (Å²) in [4.78, 5) is 37.4. The van der Waals surface area contributed by atoms with Crippen molar-refractivity contribution in [1.82, 2.24) is 19.4 Å². The van der Waals surface area contributed by atoms with Gasteiger partial charge in [0.15, 0.2) is 11.6 Å². The zero-order chi connectivity index (χ0) is 27.6. The molecule has 1 atom stereocenters. The maximum atomic E-state index is 13.8. The molecule has 0 N–H and O–H groups in total. The predicted octanol–water partition coefficient (Wildman–Crippen LogP) is 4.25. The lowest BCUT2D eigenvalue weighted by atomic mass is 10.0. The zero-order valence-corrected chi connectivity index (χ0v) is 22.5. The number of fused-ring (bicyclic) bond motifs is 1. The van der Waals surface area contributed by atoms with Crippen LogP contribution in [-0.2, 0) is 17.8 Å². The third-order valence-corrected chi connectivity index (χ3v) is 7.94. The minimum absolute atomic E-state index is 0.0650. The molecule has 2 aliphatic rings. The van der Waals surface area contributed by atoms with Gasteiger partial charge in [0.1, 0.15) is 0 Å². The lowest BCUT2D eigenvalue weighted by molar-refractivity contribution is -0.389. The fraction of sp³-hybridized carbons (Fsp3) is 0.367. The molecular weight excluding hydrogens is 508 g/mol. The first kappa shape index (κ1) is 26.1. The molecule has 0 bridgehead atoms. The first-order chi connectivity index (χ1) is 19.5. The molecule has 6 rings (SSSR count). The van der Waals surface area contributed by atoms with Gasteiger partial charge in [-0.1, -0.05) is 12.1 Å². The molecule has 2 aliphatic heterocycles. The van der Waals surface area contributed by atoms with E-state index in [0.717, 1.165) is 59.3 Å². The zero-order valence-electron chi connectivity index (χ0n) is 22.5. The Kier molecular flexibility index (Phi) is 7.27. The lowest BCUT2D eigenvalue weighted by Gasteiger charge is -2.40. The highest BCUT2D eigenvalue weighted by molar-refractivity contribution is 5.79. The van der Waals surface area contributed by atoms with Crippen molar-refractivity contribution < 1.29 is 9.66 Å². The monoisotopic (exact) mass is 540 g/mol. The van der Waals surface area contributed by atoms with E-state index in [0.29, 0.717) is 26.3 Å². The summed E-state index contributed by atoms with van der Waals surface area (Å²) in [6.07, 6.45) is 7.40. The summed E-state index contributed by atoms with van der Waals surface area (Å²) < 4.78 is 7.69. The SMILES string of the molecule is Cc1cc(CN(Cc2cn(C3COC3)c3ccccc3c2=O)C2CCCN(c3ccc([N+](=O)[O-])nc3)C2)ccn1.